The number of aliphatic hydroxyl groups is 1. The van der Waals surface area contributed by atoms with Crippen LogP contribution in [0.3, 0.4) is 0 Å². The number of halogens is 1. The van der Waals surface area contributed by atoms with E-state index in [1.165, 1.54) is 0 Å². The van der Waals surface area contributed by atoms with Gasteiger partial charge in [0.2, 0.25) is 0 Å². The molecule has 8 rings (SSSR count). The Kier molecular flexibility index (Phi) is 5.05. The Bertz CT molecular complexity index is 1290. The number of aromatic nitrogens is 4. The molecule has 0 amide bonds. The van der Waals surface area contributed by atoms with Gasteiger partial charge in [0.15, 0.2) is 0 Å². The average Bonchev–Trinajstić information content (AvgIpc) is 3.54. The molecule has 0 radical (unpaired) electrons. The number of hydrogen-bond acceptors (Lipinski definition) is 7. The van der Waals surface area contributed by atoms with Crippen LogP contribution in [0.25, 0.3) is 16.6 Å². The third-order valence-corrected chi connectivity index (χ3v) is 9.53. The van der Waals surface area contributed by atoms with Crippen LogP contribution in [0, 0.1) is 5.41 Å². The lowest BCUT2D eigenvalue weighted by molar-refractivity contribution is -0.217. The number of benzene rings is 1. The summed E-state index contributed by atoms with van der Waals surface area (Å²) in [7, 11) is 1.79. The fourth-order valence-corrected chi connectivity index (χ4v) is 7.51. The first-order valence-electron chi connectivity index (χ1n) is 12.8. The van der Waals surface area contributed by atoms with E-state index in [2.05, 4.69) is 38.8 Å². The Morgan fingerprint density at radius 2 is 1.92 bits per heavy atom. The molecule has 3 aromatic rings. The maximum absolute atomic E-state index is 10.4. The van der Waals surface area contributed by atoms with Gasteiger partial charge in [0, 0.05) is 44.1 Å². The Hall–Kier alpha value is -2.17. The number of nitrogens with zero attached hydrogens (tertiary/aromatic N) is 6. The van der Waals surface area contributed by atoms with Gasteiger partial charge in [-0.3, -0.25) is 9.58 Å². The van der Waals surface area contributed by atoms with Crippen LogP contribution in [0.4, 0.5) is 5.69 Å². The highest BCUT2D eigenvalue weighted by atomic mass is 35.5. The molecule has 2 saturated heterocycles. The van der Waals surface area contributed by atoms with E-state index >= 15 is 0 Å². The monoisotopic (exact) mass is 512 g/mol. The van der Waals surface area contributed by atoms with Crippen LogP contribution >= 0.6 is 11.6 Å². The largest absolute Gasteiger partial charge is 0.389 e. The van der Waals surface area contributed by atoms with Gasteiger partial charge in [-0.25, -0.2) is 4.68 Å². The fraction of sp³-hybridized carbons (Fsp3) is 0.615. The fourth-order valence-electron chi connectivity index (χ4n) is 7.22. The normalized spacial score (nSPS) is 34.2. The molecule has 1 aromatic carbocycles. The second-order valence-corrected chi connectivity index (χ2v) is 12.0. The number of rotatable bonds is 6. The highest BCUT2D eigenvalue weighted by Gasteiger charge is 2.69. The molecule has 2 aromatic heterocycles. The summed E-state index contributed by atoms with van der Waals surface area (Å²) in [6, 6.07) is 4.17. The van der Waals surface area contributed by atoms with Gasteiger partial charge >= 0.3 is 0 Å². The zero-order chi connectivity index (χ0) is 24.7. The van der Waals surface area contributed by atoms with Crippen molar-refractivity contribution in [2.75, 3.05) is 58.0 Å². The van der Waals surface area contributed by atoms with Gasteiger partial charge in [-0.15, -0.1) is 0 Å². The van der Waals surface area contributed by atoms with Gasteiger partial charge < -0.3 is 19.5 Å². The van der Waals surface area contributed by atoms with Crippen LogP contribution in [-0.4, -0.2) is 94.3 Å². The number of fused-ring (bicyclic) bond motifs is 1. The van der Waals surface area contributed by atoms with E-state index in [0.717, 1.165) is 79.3 Å². The van der Waals surface area contributed by atoms with Crippen molar-refractivity contribution >= 4 is 28.2 Å². The van der Waals surface area contributed by atoms with Crippen molar-refractivity contribution in [3.63, 3.8) is 0 Å². The lowest BCUT2D eigenvalue weighted by atomic mass is 9.39. The number of aliphatic hydroxyl groups excluding tert-OH is 1. The Morgan fingerprint density at radius 3 is 2.61 bits per heavy atom. The first-order valence-corrected chi connectivity index (χ1v) is 13.2. The van der Waals surface area contributed by atoms with Gasteiger partial charge in [-0.2, -0.15) is 10.2 Å². The minimum atomic E-state index is -0.449. The van der Waals surface area contributed by atoms with Crippen LogP contribution in [-0.2, 0) is 15.0 Å². The number of ether oxygens (including phenoxy) is 2. The van der Waals surface area contributed by atoms with Gasteiger partial charge in [0.25, 0.3) is 0 Å². The number of hydrogen-bond donors (Lipinski definition) is 1. The third-order valence-electron chi connectivity index (χ3n) is 9.23. The topological polar surface area (TPSA) is 80.8 Å². The zero-order valence-corrected chi connectivity index (χ0v) is 21.6. The van der Waals surface area contributed by atoms with Crippen molar-refractivity contribution in [1.82, 2.24) is 24.5 Å². The van der Waals surface area contributed by atoms with Crippen molar-refractivity contribution in [3.8, 4) is 5.69 Å². The van der Waals surface area contributed by atoms with Gasteiger partial charge in [0.05, 0.1) is 71.8 Å². The summed E-state index contributed by atoms with van der Waals surface area (Å²) in [6.45, 7) is 7.31. The summed E-state index contributed by atoms with van der Waals surface area (Å²) in [5.41, 5.74) is 3.22. The minimum Gasteiger partial charge on any atom is -0.389 e. The molecular weight excluding hydrogens is 480 g/mol. The van der Waals surface area contributed by atoms with Crippen LogP contribution < -0.4 is 4.90 Å². The van der Waals surface area contributed by atoms with Crippen LogP contribution in [0.2, 0.25) is 5.02 Å². The first-order chi connectivity index (χ1) is 17.3. The predicted molar refractivity (Wildman–Crippen MR) is 137 cm³/mol. The molecule has 0 spiro atoms. The van der Waals surface area contributed by atoms with Crippen molar-refractivity contribution in [1.29, 1.82) is 0 Å². The molecule has 3 aliphatic carbocycles. The molecule has 36 heavy (non-hydrogen) atoms. The summed E-state index contributed by atoms with van der Waals surface area (Å²) in [4.78, 5) is 4.69. The third kappa shape index (κ3) is 3.23. The minimum absolute atomic E-state index is 0.155. The highest BCUT2D eigenvalue weighted by molar-refractivity contribution is 6.34. The van der Waals surface area contributed by atoms with Crippen molar-refractivity contribution in [2.45, 2.75) is 43.4 Å². The highest BCUT2D eigenvalue weighted by Crippen LogP contribution is 2.71. The second kappa shape index (κ2) is 7.91. The molecule has 192 valence electrons. The number of methoxy groups -OCH3 is 1. The van der Waals surface area contributed by atoms with Crippen molar-refractivity contribution in [2.24, 2.45) is 5.41 Å². The summed E-state index contributed by atoms with van der Waals surface area (Å²) in [5, 5.41) is 21.6. The van der Waals surface area contributed by atoms with Gasteiger partial charge in [-0.05, 0) is 38.3 Å². The molecule has 10 heteroatoms. The summed E-state index contributed by atoms with van der Waals surface area (Å²) < 4.78 is 15.1. The van der Waals surface area contributed by atoms with E-state index in [4.69, 9.17) is 26.2 Å². The Balaban J connectivity index is 1.12. The molecule has 3 saturated carbocycles. The van der Waals surface area contributed by atoms with Crippen LogP contribution in [0.5, 0.6) is 0 Å². The zero-order valence-electron chi connectivity index (χ0n) is 20.9. The molecule has 2 bridgehead atoms. The maximum atomic E-state index is 10.4. The van der Waals surface area contributed by atoms with E-state index < -0.39 is 6.10 Å². The first kappa shape index (κ1) is 23.0. The van der Waals surface area contributed by atoms with Crippen molar-refractivity contribution in [3.05, 3.63) is 35.7 Å². The van der Waals surface area contributed by atoms with Crippen LogP contribution in [0.15, 0.2) is 30.7 Å². The lowest BCUT2D eigenvalue weighted by Crippen LogP contribution is -2.69. The quantitative estimate of drug-likeness (QED) is 0.544. The van der Waals surface area contributed by atoms with Crippen molar-refractivity contribution < 1.29 is 14.6 Å². The average molecular weight is 513 g/mol. The van der Waals surface area contributed by atoms with Crippen LogP contribution in [0.1, 0.15) is 26.2 Å². The van der Waals surface area contributed by atoms with Gasteiger partial charge in [0.1, 0.15) is 5.69 Å². The SMILES string of the molecule is COCC12CC(n3cc(-n4ncc5cc(Cl)c(N6CCN([C@]7(C)COC[C@@H]7O)CC6)cc54)cn3)(C1)C2. The molecule has 5 fully saturated rings. The number of piperazine rings is 1. The standard InChI is InChI=1S/C26H33ClN6O3/c1-24(16-36-12-23(24)34)31-5-3-30(4-6-31)22-8-21-18(7-20(22)27)9-29-33(21)19-10-28-32(11-19)26-13-25(14-26,15-26)17-35-2/h7-11,23,34H,3-6,12-17H2,1-2H3/t23-,24+,25?,26?/m0/s1. The second-order valence-electron chi connectivity index (χ2n) is 11.6. The predicted octanol–water partition coefficient (Wildman–Crippen LogP) is 2.67. The molecule has 5 aliphatic rings. The molecule has 0 unspecified atom stereocenters. The lowest BCUT2D eigenvalue weighted by Gasteiger charge is -2.70. The van der Waals surface area contributed by atoms with E-state index in [1.807, 2.05) is 23.1 Å². The molecule has 1 N–H and O–H groups in total. The molecule has 2 aliphatic heterocycles. The van der Waals surface area contributed by atoms with E-state index in [-0.39, 0.29) is 11.1 Å². The molecule has 2 atom stereocenters. The van der Waals surface area contributed by atoms with E-state index in [1.54, 1.807) is 7.11 Å². The van der Waals surface area contributed by atoms with E-state index in [0.29, 0.717) is 18.6 Å². The molecule has 4 heterocycles. The smallest absolute Gasteiger partial charge is 0.103 e. The maximum Gasteiger partial charge on any atom is 0.103 e. The Labute approximate surface area is 215 Å². The Morgan fingerprint density at radius 1 is 1.14 bits per heavy atom. The number of anilines is 1. The molecular formula is C26H33ClN6O3. The molecule has 9 nitrogen and oxygen atoms in total. The summed E-state index contributed by atoms with van der Waals surface area (Å²) in [5.74, 6) is 0. The summed E-state index contributed by atoms with van der Waals surface area (Å²) in [6.07, 6.45) is 8.89. The van der Waals surface area contributed by atoms with E-state index in [9.17, 15) is 5.11 Å². The van der Waals surface area contributed by atoms with Gasteiger partial charge in [-0.1, -0.05) is 11.6 Å². The summed E-state index contributed by atoms with van der Waals surface area (Å²) >= 11 is 6.76.